The van der Waals surface area contributed by atoms with Crippen LogP contribution in [0.5, 0.6) is 5.75 Å². The second-order valence-corrected chi connectivity index (χ2v) is 9.23. The average Bonchev–Trinajstić information content (AvgIpc) is 3.29. The summed E-state index contributed by atoms with van der Waals surface area (Å²) in [7, 11) is 1.68. The first-order chi connectivity index (χ1) is 15.2. The van der Waals surface area contributed by atoms with E-state index >= 15 is 0 Å². The normalized spacial score (nSPS) is 25.5. The molecule has 1 saturated carbocycles. The van der Waals surface area contributed by atoms with E-state index in [4.69, 9.17) is 4.74 Å². The molecule has 3 aliphatic rings. The van der Waals surface area contributed by atoms with Crippen LogP contribution in [-0.4, -0.2) is 42.2 Å². The number of rotatable bonds is 4. The minimum absolute atomic E-state index is 0.00988. The number of benzene rings is 2. The third-order valence-corrected chi connectivity index (χ3v) is 7.51. The molecule has 2 fully saturated rings. The van der Waals surface area contributed by atoms with Crippen LogP contribution in [0.15, 0.2) is 42.5 Å². The molecule has 0 radical (unpaired) electrons. The van der Waals surface area contributed by atoms with Crippen LogP contribution in [-0.2, 0) is 4.79 Å². The lowest BCUT2D eigenvalue weighted by Gasteiger charge is -2.40. The molecule has 0 bridgehead atoms. The zero-order chi connectivity index (χ0) is 21.4. The van der Waals surface area contributed by atoms with E-state index in [2.05, 4.69) is 34.5 Å². The Hall–Kier alpha value is -2.53. The third kappa shape index (κ3) is 3.69. The van der Waals surface area contributed by atoms with Crippen molar-refractivity contribution in [2.24, 2.45) is 11.8 Å². The van der Waals surface area contributed by atoms with Crippen LogP contribution in [0.1, 0.15) is 50.1 Å². The lowest BCUT2D eigenvalue weighted by Crippen LogP contribution is -2.44. The quantitative estimate of drug-likeness (QED) is 0.758. The number of anilines is 1. The van der Waals surface area contributed by atoms with Gasteiger partial charge in [-0.2, -0.15) is 0 Å². The number of carbonyl (C=O) groups excluding carboxylic acids is 1. The van der Waals surface area contributed by atoms with Gasteiger partial charge >= 0.3 is 0 Å². The molecule has 5 nitrogen and oxygen atoms in total. The Balaban J connectivity index is 1.52. The molecule has 1 saturated heterocycles. The molecule has 2 N–H and O–H groups in total. The second-order valence-electron chi connectivity index (χ2n) is 9.23. The lowest BCUT2D eigenvalue weighted by atomic mass is 9.81. The second kappa shape index (κ2) is 8.54. The molecule has 2 aromatic rings. The molecule has 0 unspecified atom stereocenters. The highest BCUT2D eigenvalue weighted by molar-refractivity contribution is 5.81. The molecule has 1 amide bonds. The Morgan fingerprint density at radius 2 is 1.90 bits per heavy atom. The van der Waals surface area contributed by atoms with Crippen LogP contribution in [0.4, 0.5) is 5.69 Å². The number of aliphatic hydroxyl groups is 1. The van der Waals surface area contributed by atoms with Crippen molar-refractivity contribution in [3.8, 4) is 16.9 Å². The molecular weight excluding hydrogens is 388 g/mol. The van der Waals surface area contributed by atoms with Gasteiger partial charge in [-0.3, -0.25) is 4.79 Å². The first-order valence-electron chi connectivity index (χ1n) is 11.7. The number of aliphatic hydroxyl groups excluding tert-OH is 1. The molecule has 31 heavy (non-hydrogen) atoms. The highest BCUT2D eigenvalue weighted by atomic mass is 16.5. The number of amides is 1. The van der Waals surface area contributed by atoms with Crippen LogP contribution in [0.25, 0.3) is 11.1 Å². The molecule has 2 aliphatic heterocycles. The van der Waals surface area contributed by atoms with Gasteiger partial charge in [0.1, 0.15) is 5.75 Å². The number of methoxy groups -OCH3 is 1. The summed E-state index contributed by atoms with van der Waals surface area (Å²) in [5.41, 5.74) is 4.44. The van der Waals surface area contributed by atoms with Crippen LogP contribution in [0.3, 0.4) is 0 Å². The zero-order valence-electron chi connectivity index (χ0n) is 18.2. The Labute approximate surface area is 184 Å². The van der Waals surface area contributed by atoms with E-state index in [1.54, 1.807) is 7.11 Å². The number of hydrogen-bond acceptors (Lipinski definition) is 4. The number of nitrogens with zero attached hydrogens (tertiary/aromatic N) is 1. The Morgan fingerprint density at radius 1 is 1.10 bits per heavy atom. The molecule has 2 heterocycles. The molecule has 0 spiro atoms. The van der Waals surface area contributed by atoms with Crippen molar-refractivity contribution < 1.29 is 14.6 Å². The maximum atomic E-state index is 13.5. The van der Waals surface area contributed by atoms with Crippen molar-refractivity contribution in [3.05, 3.63) is 48.0 Å². The fourth-order valence-electron chi connectivity index (χ4n) is 5.88. The molecule has 1 aliphatic carbocycles. The van der Waals surface area contributed by atoms with Gasteiger partial charge < -0.3 is 20.1 Å². The molecule has 0 aromatic heterocycles. The average molecular weight is 421 g/mol. The number of likely N-dealkylation sites (tertiary alicyclic amines) is 1. The predicted molar refractivity (Wildman–Crippen MR) is 122 cm³/mol. The largest absolute Gasteiger partial charge is 0.497 e. The Morgan fingerprint density at radius 3 is 2.68 bits per heavy atom. The number of nitrogens with one attached hydrogen (secondary N) is 1. The van der Waals surface area contributed by atoms with Gasteiger partial charge in [0.2, 0.25) is 5.91 Å². The zero-order valence-corrected chi connectivity index (χ0v) is 18.2. The summed E-state index contributed by atoms with van der Waals surface area (Å²) in [5.74, 6) is 1.57. The van der Waals surface area contributed by atoms with Crippen molar-refractivity contribution in [2.45, 2.75) is 50.6 Å². The third-order valence-electron chi connectivity index (χ3n) is 7.51. The van der Waals surface area contributed by atoms with Gasteiger partial charge in [0.05, 0.1) is 25.8 Å². The summed E-state index contributed by atoms with van der Waals surface area (Å²) in [6, 6.07) is 14.6. The van der Waals surface area contributed by atoms with E-state index in [1.165, 1.54) is 12.0 Å². The van der Waals surface area contributed by atoms with Gasteiger partial charge in [0.15, 0.2) is 0 Å². The first kappa shape index (κ1) is 20.4. The fraction of sp³-hybridized carbons (Fsp3) is 0.500. The van der Waals surface area contributed by atoms with Crippen molar-refractivity contribution in [2.75, 3.05) is 25.6 Å². The molecule has 2 aromatic carbocycles. The van der Waals surface area contributed by atoms with Crippen LogP contribution < -0.4 is 10.1 Å². The van der Waals surface area contributed by atoms with E-state index < -0.39 is 0 Å². The molecule has 5 rings (SSSR count). The van der Waals surface area contributed by atoms with Gasteiger partial charge in [0.25, 0.3) is 0 Å². The lowest BCUT2D eigenvalue weighted by molar-refractivity contribution is -0.138. The van der Waals surface area contributed by atoms with Crippen LogP contribution in [0, 0.1) is 11.8 Å². The smallest absolute Gasteiger partial charge is 0.226 e. The number of ether oxygens (including phenoxy) is 1. The van der Waals surface area contributed by atoms with E-state index in [0.29, 0.717) is 5.91 Å². The maximum Gasteiger partial charge on any atom is 0.226 e. The van der Waals surface area contributed by atoms with Crippen molar-refractivity contribution >= 4 is 11.6 Å². The highest BCUT2D eigenvalue weighted by Crippen LogP contribution is 2.48. The monoisotopic (exact) mass is 420 g/mol. The Bertz CT molecular complexity index is 953. The van der Waals surface area contributed by atoms with Gasteiger partial charge in [-0.1, -0.05) is 37.5 Å². The summed E-state index contributed by atoms with van der Waals surface area (Å²) < 4.78 is 5.41. The van der Waals surface area contributed by atoms with E-state index in [1.807, 2.05) is 18.2 Å². The molecule has 5 heteroatoms. The SMILES string of the molecule is COc1cccc(-c2ccc3c(c2)[C@H]2[C@H](CCN2C(=O)C2CCCCC2)[C@@H](CO)N3)c1. The van der Waals surface area contributed by atoms with E-state index in [-0.39, 0.29) is 30.5 Å². The molecule has 164 valence electrons. The summed E-state index contributed by atoms with van der Waals surface area (Å²) in [5, 5.41) is 13.6. The van der Waals surface area contributed by atoms with Crippen molar-refractivity contribution in [1.29, 1.82) is 0 Å². The van der Waals surface area contributed by atoms with Crippen LogP contribution >= 0.6 is 0 Å². The van der Waals surface area contributed by atoms with Gasteiger partial charge in [-0.05, 0) is 60.2 Å². The summed E-state index contributed by atoms with van der Waals surface area (Å²) in [6.45, 7) is 0.870. The van der Waals surface area contributed by atoms with Gasteiger partial charge in [0, 0.05) is 24.1 Å². The standard InChI is InChI=1S/C26H32N2O3/c1-31-20-9-5-8-18(14-20)19-10-11-23-22(15-19)25-21(24(16-29)27-23)12-13-28(25)26(30)17-6-3-2-4-7-17/h5,8-11,14-15,17,21,24-25,27,29H,2-4,6-7,12-13,16H2,1H3/t21-,24-,25-/m1/s1. The minimum atomic E-state index is -0.00988. The van der Waals surface area contributed by atoms with Crippen molar-refractivity contribution in [3.63, 3.8) is 0 Å². The van der Waals surface area contributed by atoms with E-state index in [9.17, 15) is 9.90 Å². The molecular formula is C26H32N2O3. The van der Waals surface area contributed by atoms with Crippen LogP contribution in [0.2, 0.25) is 0 Å². The number of fused-ring (bicyclic) bond motifs is 3. The minimum Gasteiger partial charge on any atom is -0.497 e. The summed E-state index contributed by atoms with van der Waals surface area (Å²) in [4.78, 5) is 15.7. The fourth-order valence-corrected chi connectivity index (χ4v) is 5.88. The Kier molecular flexibility index (Phi) is 5.61. The highest BCUT2D eigenvalue weighted by Gasteiger charge is 2.46. The number of carbonyl (C=O) groups is 1. The number of hydrogen-bond donors (Lipinski definition) is 2. The van der Waals surface area contributed by atoms with E-state index in [0.717, 1.165) is 61.2 Å². The van der Waals surface area contributed by atoms with Gasteiger partial charge in [-0.25, -0.2) is 0 Å². The first-order valence-corrected chi connectivity index (χ1v) is 11.7. The predicted octanol–water partition coefficient (Wildman–Crippen LogP) is 4.62. The summed E-state index contributed by atoms with van der Waals surface area (Å²) in [6.07, 6.45) is 6.55. The topological polar surface area (TPSA) is 61.8 Å². The molecule has 3 atom stereocenters. The summed E-state index contributed by atoms with van der Waals surface area (Å²) >= 11 is 0. The van der Waals surface area contributed by atoms with Crippen molar-refractivity contribution in [1.82, 2.24) is 4.90 Å². The van der Waals surface area contributed by atoms with Gasteiger partial charge in [-0.15, -0.1) is 0 Å². The maximum absolute atomic E-state index is 13.5.